The maximum atomic E-state index is 6.01. The van der Waals surface area contributed by atoms with Crippen molar-refractivity contribution in [3.05, 3.63) is 64.9 Å². The lowest BCUT2D eigenvalue weighted by atomic mass is 10.1. The summed E-state index contributed by atoms with van der Waals surface area (Å²) in [5.41, 5.74) is 3.55. The molecule has 3 aromatic rings. The topological polar surface area (TPSA) is 21.1 Å². The van der Waals surface area contributed by atoms with Crippen LogP contribution in [0, 0.1) is 0 Å². The van der Waals surface area contributed by atoms with E-state index in [1.54, 1.807) is 0 Å². The molecule has 1 heterocycles. The van der Waals surface area contributed by atoms with Crippen molar-refractivity contribution >= 4 is 22.6 Å². The minimum absolute atomic E-state index is 0.775. The summed E-state index contributed by atoms with van der Waals surface area (Å²) in [6.45, 7) is 8.79. The fraction of sp³-hybridized carbons (Fsp3) is 0.381. The second kappa shape index (κ2) is 8.50. The van der Waals surface area contributed by atoms with Crippen molar-refractivity contribution in [2.45, 2.75) is 33.2 Å². The Morgan fingerprint density at radius 3 is 2.44 bits per heavy atom. The molecule has 3 rings (SSSR count). The van der Waals surface area contributed by atoms with Gasteiger partial charge in [-0.2, -0.15) is 0 Å². The van der Waals surface area contributed by atoms with E-state index in [0.717, 1.165) is 55.4 Å². The van der Waals surface area contributed by atoms with Crippen LogP contribution < -0.4 is 0 Å². The van der Waals surface area contributed by atoms with Crippen LogP contribution in [0.2, 0.25) is 5.02 Å². The monoisotopic (exact) mass is 355 g/mol. The third-order valence-electron chi connectivity index (χ3n) is 4.76. The van der Waals surface area contributed by atoms with Gasteiger partial charge in [0.1, 0.15) is 5.82 Å². The largest absolute Gasteiger partial charge is 0.328 e. The molecule has 0 aliphatic rings. The molecule has 3 nitrogen and oxygen atoms in total. The number of halogens is 1. The van der Waals surface area contributed by atoms with Gasteiger partial charge in [0.25, 0.3) is 0 Å². The van der Waals surface area contributed by atoms with Gasteiger partial charge in [0.15, 0.2) is 0 Å². The van der Waals surface area contributed by atoms with E-state index in [1.807, 2.05) is 12.1 Å². The molecule has 2 aromatic carbocycles. The van der Waals surface area contributed by atoms with Gasteiger partial charge in [0.2, 0.25) is 0 Å². The third kappa shape index (κ3) is 4.42. The summed E-state index contributed by atoms with van der Waals surface area (Å²) in [7, 11) is 0. The molecule has 0 spiro atoms. The van der Waals surface area contributed by atoms with Crippen molar-refractivity contribution in [1.82, 2.24) is 14.5 Å². The number of hydrogen-bond donors (Lipinski definition) is 0. The highest BCUT2D eigenvalue weighted by Crippen LogP contribution is 2.20. The lowest BCUT2D eigenvalue weighted by Crippen LogP contribution is -2.25. The van der Waals surface area contributed by atoms with Crippen LogP contribution in [0.3, 0.4) is 0 Å². The van der Waals surface area contributed by atoms with Crippen molar-refractivity contribution in [3.63, 3.8) is 0 Å². The smallest absolute Gasteiger partial charge is 0.114 e. The zero-order valence-electron chi connectivity index (χ0n) is 15.1. The fourth-order valence-corrected chi connectivity index (χ4v) is 3.41. The average molecular weight is 356 g/mol. The molecule has 0 unspecified atom stereocenters. The highest BCUT2D eigenvalue weighted by atomic mass is 35.5. The molecule has 0 N–H and O–H groups in total. The summed E-state index contributed by atoms with van der Waals surface area (Å²) in [4.78, 5) is 7.36. The molecule has 0 bridgehead atoms. The Kier molecular flexibility index (Phi) is 6.11. The number of hydrogen-bond acceptors (Lipinski definition) is 2. The second-order valence-corrected chi connectivity index (χ2v) is 6.79. The molecule has 0 saturated carbocycles. The van der Waals surface area contributed by atoms with E-state index in [4.69, 9.17) is 16.6 Å². The van der Waals surface area contributed by atoms with E-state index in [2.05, 4.69) is 59.7 Å². The zero-order valence-corrected chi connectivity index (χ0v) is 15.8. The standard InChI is InChI=1S/C21H26ClN3/c1-3-24(4-2)14-7-15-25-20-9-6-5-8-19(20)23-21(25)16-17-10-12-18(22)13-11-17/h5-6,8-13H,3-4,7,14-16H2,1-2H3. The molecule has 0 saturated heterocycles. The normalized spacial score (nSPS) is 11.5. The van der Waals surface area contributed by atoms with Crippen LogP contribution in [0.5, 0.6) is 0 Å². The zero-order chi connectivity index (χ0) is 17.6. The van der Waals surface area contributed by atoms with E-state index in [1.165, 1.54) is 11.1 Å². The summed E-state index contributed by atoms with van der Waals surface area (Å²) in [5, 5.41) is 0.775. The lowest BCUT2D eigenvalue weighted by Gasteiger charge is -2.18. The number of para-hydroxylation sites is 2. The molecule has 0 aliphatic carbocycles. The molecule has 0 aliphatic heterocycles. The Labute approximate surface area is 155 Å². The molecular weight excluding hydrogens is 330 g/mol. The predicted molar refractivity (Wildman–Crippen MR) is 106 cm³/mol. The third-order valence-corrected chi connectivity index (χ3v) is 5.01. The Hall–Kier alpha value is -1.84. The summed E-state index contributed by atoms with van der Waals surface area (Å²) < 4.78 is 2.38. The first kappa shape index (κ1) is 18.0. The Morgan fingerprint density at radius 2 is 1.72 bits per heavy atom. The molecule has 25 heavy (non-hydrogen) atoms. The van der Waals surface area contributed by atoms with Crippen molar-refractivity contribution in [3.8, 4) is 0 Å². The van der Waals surface area contributed by atoms with Gasteiger partial charge in [-0.3, -0.25) is 0 Å². The van der Waals surface area contributed by atoms with Crippen LogP contribution in [0.15, 0.2) is 48.5 Å². The maximum Gasteiger partial charge on any atom is 0.114 e. The van der Waals surface area contributed by atoms with Crippen molar-refractivity contribution in [2.75, 3.05) is 19.6 Å². The highest BCUT2D eigenvalue weighted by molar-refractivity contribution is 6.30. The SMILES string of the molecule is CCN(CC)CCCn1c(Cc2ccc(Cl)cc2)nc2ccccc21. The van der Waals surface area contributed by atoms with E-state index in [9.17, 15) is 0 Å². The van der Waals surface area contributed by atoms with Crippen LogP contribution in [-0.2, 0) is 13.0 Å². The van der Waals surface area contributed by atoms with Crippen LogP contribution >= 0.6 is 11.6 Å². The maximum absolute atomic E-state index is 6.01. The molecular formula is C21H26ClN3. The number of fused-ring (bicyclic) bond motifs is 1. The molecule has 4 heteroatoms. The molecule has 132 valence electrons. The van der Waals surface area contributed by atoms with Gasteiger partial charge in [-0.05, 0) is 55.9 Å². The highest BCUT2D eigenvalue weighted by Gasteiger charge is 2.11. The summed E-state index contributed by atoms with van der Waals surface area (Å²) in [6.07, 6.45) is 1.97. The summed E-state index contributed by atoms with van der Waals surface area (Å²) in [6, 6.07) is 16.5. The van der Waals surface area contributed by atoms with Gasteiger partial charge >= 0.3 is 0 Å². The summed E-state index contributed by atoms with van der Waals surface area (Å²) in [5.74, 6) is 1.13. The minimum atomic E-state index is 0.775. The van der Waals surface area contributed by atoms with Gasteiger partial charge in [-0.15, -0.1) is 0 Å². The number of aromatic nitrogens is 2. The number of aryl methyl sites for hydroxylation is 1. The van der Waals surface area contributed by atoms with Crippen LogP contribution in [-0.4, -0.2) is 34.1 Å². The number of nitrogens with zero attached hydrogens (tertiary/aromatic N) is 3. The second-order valence-electron chi connectivity index (χ2n) is 6.35. The Balaban J connectivity index is 1.82. The molecule has 0 radical (unpaired) electrons. The van der Waals surface area contributed by atoms with Crippen LogP contribution in [0.1, 0.15) is 31.7 Å². The number of imidazole rings is 1. The first-order valence-electron chi connectivity index (χ1n) is 9.12. The van der Waals surface area contributed by atoms with Gasteiger partial charge in [0.05, 0.1) is 11.0 Å². The molecule has 0 fully saturated rings. The minimum Gasteiger partial charge on any atom is -0.328 e. The number of benzene rings is 2. The summed E-state index contributed by atoms with van der Waals surface area (Å²) >= 11 is 6.01. The predicted octanol–water partition coefficient (Wildman–Crippen LogP) is 5.01. The van der Waals surface area contributed by atoms with Crippen molar-refractivity contribution in [1.29, 1.82) is 0 Å². The lowest BCUT2D eigenvalue weighted by molar-refractivity contribution is 0.293. The first-order chi connectivity index (χ1) is 12.2. The fourth-order valence-electron chi connectivity index (χ4n) is 3.29. The number of rotatable bonds is 8. The van der Waals surface area contributed by atoms with Gasteiger partial charge in [0, 0.05) is 18.0 Å². The Morgan fingerprint density at radius 1 is 1.00 bits per heavy atom. The van der Waals surface area contributed by atoms with E-state index < -0.39 is 0 Å². The molecule has 1 aromatic heterocycles. The quantitative estimate of drug-likeness (QED) is 0.566. The van der Waals surface area contributed by atoms with Crippen molar-refractivity contribution < 1.29 is 0 Å². The first-order valence-corrected chi connectivity index (χ1v) is 9.50. The van der Waals surface area contributed by atoms with Crippen molar-refractivity contribution in [2.24, 2.45) is 0 Å². The van der Waals surface area contributed by atoms with Gasteiger partial charge in [-0.1, -0.05) is 49.7 Å². The van der Waals surface area contributed by atoms with E-state index in [-0.39, 0.29) is 0 Å². The van der Waals surface area contributed by atoms with E-state index in [0.29, 0.717) is 0 Å². The van der Waals surface area contributed by atoms with E-state index >= 15 is 0 Å². The molecule has 0 amide bonds. The van der Waals surface area contributed by atoms with Crippen LogP contribution in [0.25, 0.3) is 11.0 Å². The van der Waals surface area contributed by atoms with Crippen LogP contribution in [0.4, 0.5) is 0 Å². The Bertz CT molecular complexity index is 804. The average Bonchev–Trinajstić information content (AvgIpc) is 2.98. The van der Waals surface area contributed by atoms with Gasteiger partial charge in [-0.25, -0.2) is 4.98 Å². The molecule has 0 atom stereocenters. The van der Waals surface area contributed by atoms with Gasteiger partial charge < -0.3 is 9.47 Å².